The summed E-state index contributed by atoms with van der Waals surface area (Å²) in [5.74, 6) is 2.11. The van der Waals surface area contributed by atoms with E-state index in [2.05, 4.69) is 9.97 Å². The first-order valence-electron chi connectivity index (χ1n) is 6.40. The third-order valence-corrected chi connectivity index (χ3v) is 3.07. The summed E-state index contributed by atoms with van der Waals surface area (Å²) >= 11 is 11.6. The van der Waals surface area contributed by atoms with E-state index < -0.39 is 0 Å². The number of rotatable bonds is 4. The Morgan fingerprint density at radius 3 is 1.36 bits per heavy atom. The smallest absolute Gasteiger partial charge is 0.220 e. The van der Waals surface area contributed by atoms with Gasteiger partial charge in [-0.3, -0.25) is 0 Å². The minimum atomic E-state index is 0.379. The van der Waals surface area contributed by atoms with E-state index in [4.69, 9.17) is 32.7 Å². The molecule has 0 saturated carbocycles. The molecule has 0 N–H and O–H groups in total. The molecule has 3 aromatic rings. The molecule has 2 aromatic heterocycles. The number of ether oxygens (including phenoxy) is 2. The van der Waals surface area contributed by atoms with Gasteiger partial charge in [0.15, 0.2) is 0 Å². The second kappa shape index (κ2) is 6.64. The van der Waals surface area contributed by atoms with Gasteiger partial charge in [-0.25, -0.2) is 9.97 Å². The number of nitrogens with zero attached hydrogens (tertiary/aromatic N) is 2. The summed E-state index contributed by atoms with van der Waals surface area (Å²) in [6.07, 6.45) is 0. The molecule has 6 heteroatoms. The lowest BCUT2D eigenvalue weighted by Gasteiger charge is -2.07. The van der Waals surface area contributed by atoms with Gasteiger partial charge in [0.2, 0.25) is 11.8 Å². The van der Waals surface area contributed by atoms with Crippen molar-refractivity contribution in [2.24, 2.45) is 0 Å². The van der Waals surface area contributed by atoms with Crippen LogP contribution in [-0.2, 0) is 0 Å². The second-order valence-corrected chi connectivity index (χ2v) is 5.05. The normalized spacial score (nSPS) is 10.3. The number of aromatic nitrogens is 2. The van der Waals surface area contributed by atoms with Gasteiger partial charge in [0, 0.05) is 12.1 Å². The lowest BCUT2D eigenvalue weighted by Crippen LogP contribution is -1.89. The highest BCUT2D eigenvalue weighted by atomic mass is 35.5. The summed E-state index contributed by atoms with van der Waals surface area (Å²) in [4.78, 5) is 8.11. The molecule has 110 valence electrons. The van der Waals surface area contributed by atoms with Crippen molar-refractivity contribution >= 4 is 23.2 Å². The first kappa shape index (κ1) is 14.6. The molecule has 0 saturated heterocycles. The van der Waals surface area contributed by atoms with Crippen LogP contribution in [0.2, 0.25) is 10.3 Å². The van der Waals surface area contributed by atoms with E-state index in [0.29, 0.717) is 33.6 Å². The van der Waals surface area contributed by atoms with E-state index in [1.807, 2.05) is 0 Å². The van der Waals surface area contributed by atoms with Crippen LogP contribution in [0.4, 0.5) is 0 Å². The van der Waals surface area contributed by atoms with Crippen LogP contribution < -0.4 is 9.47 Å². The molecule has 4 nitrogen and oxygen atoms in total. The highest BCUT2D eigenvalue weighted by Gasteiger charge is 2.02. The van der Waals surface area contributed by atoms with E-state index in [1.54, 1.807) is 60.7 Å². The van der Waals surface area contributed by atoms with Crippen molar-refractivity contribution in [3.05, 3.63) is 71.0 Å². The Morgan fingerprint density at radius 2 is 1.00 bits per heavy atom. The largest absolute Gasteiger partial charge is 0.439 e. The maximum absolute atomic E-state index is 5.81. The first-order chi connectivity index (χ1) is 10.7. The summed E-state index contributed by atoms with van der Waals surface area (Å²) in [6.45, 7) is 0. The summed E-state index contributed by atoms with van der Waals surface area (Å²) in [6, 6.07) is 17.4. The lowest BCUT2D eigenvalue weighted by atomic mass is 10.3. The Labute approximate surface area is 137 Å². The Bertz CT molecular complexity index is 713. The average molecular weight is 333 g/mol. The van der Waals surface area contributed by atoms with Crippen molar-refractivity contribution in [1.82, 2.24) is 9.97 Å². The fourth-order valence-electron chi connectivity index (χ4n) is 1.71. The molecule has 0 aliphatic rings. The molecule has 0 atom stereocenters. The number of halogens is 2. The molecular formula is C16H10Cl2N2O2. The zero-order valence-electron chi connectivity index (χ0n) is 11.2. The van der Waals surface area contributed by atoms with Gasteiger partial charge in [0.1, 0.15) is 21.8 Å². The maximum Gasteiger partial charge on any atom is 0.220 e. The van der Waals surface area contributed by atoms with E-state index in [1.165, 1.54) is 0 Å². The van der Waals surface area contributed by atoms with Crippen LogP contribution in [0.15, 0.2) is 60.7 Å². The van der Waals surface area contributed by atoms with Crippen molar-refractivity contribution in [2.45, 2.75) is 0 Å². The van der Waals surface area contributed by atoms with Crippen LogP contribution in [0.5, 0.6) is 23.3 Å². The number of hydrogen-bond donors (Lipinski definition) is 0. The predicted octanol–water partition coefficient (Wildman–Crippen LogP) is 5.37. The van der Waals surface area contributed by atoms with Gasteiger partial charge in [-0.05, 0) is 36.4 Å². The fraction of sp³-hybridized carbons (Fsp3) is 0. The van der Waals surface area contributed by atoms with Gasteiger partial charge >= 0.3 is 0 Å². The third kappa shape index (κ3) is 3.87. The molecule has 2 heterocycles. The van der Waals surface area contributed by atoms with E-state index >= 15 is 0 Å². The van der Waals surface area contributed by atoms with Crippen LogP contribution in [0.25, 0.3) is 0 Å². The van der Waals surface area contributed by atoms with E-state index in [9.17, 15) is 0 Å². The van der Waals surface area contributed by atoms with Crippen molar-refractivity contribution in [1.29, 1.82) is 0 Å². The fourth-order valence-corrected chi connectivity index (χ4v) is 2.02. The molecule has 0 spiro atoms. The lowest BCUT2D eigenvalue weighted by molar-refractivity contribution is 0.450. The van der Waals surface area contributed by atoms with Gasteiger partial charge in [-0.2, -0.15) is 0 Å². The van der Waals surface area contributed by atoms with Gasteiger partial charge < -0.3 is 9.47 Å². The zero-order chi connectivity index (χ0) is 15.4. The summed E-state index contributed by atoms with van der Waals surface area (Å²) in [5, 5.41) is 0.758. The van der Waals surface area contributed by atoms with Crippen molar-refractivity contribution in [3.63, 3.8) is 0 Å². The highest BCUT2D eigenvalue weighted by molar-refractivity contribution is 6.29. The Kier molecular flexibility index (Phi) is 4.42. The minimum absolute atomic E-state index is 0.379. The van der Waals surface area contributed by atoms with Crippen LogP contribution >= 0.6 is 23.2 Å². The van der Waals surface area contributed by atoms with E-state index in [0.717, 1.165) is 0 Å². The average Bonchev–Trinajstić information content (AvgIpc) is 2.49. The molecule has 0 unspecified atom stereocenters. The topological polar surface area (TPSA) is 44.2 Å². The van der Waals surface area contributed by atoms with Crippen LogP contribution in [0.1, 0.15) is 0 Å². The van der Waals surface area contributed by atoms with Crippen molar-refractivity contribution in [2.75, 3.05) is 0 Å². The molecule has 0 aliphatic heterocycles. The minimum Gasteiger partial charge on any atom is -0.439 e. The summed E-state index contributed by atoms with van der Waals surface area (Å²) in [5.41, 5.74) is 0. The zero-order valence-corrected chi connectivity index (χ0v) is 12.8. The predicted molar refractivity (Wildman–Crippen MR) is 85.1 cm³/mol. The maximum atomic E-state index is 5.81. The Balaban J connectivity index is 1.70. The van der Waals surface area contributed by atoms with Crippen LogP contribution in [0.3, 0.4) is 0 Å². The van der Waals surface area contributed by atoms with Crippen molar-refractivity contribution < 1.29 is 9.47 Å². The van der Waals surface area contributed by atoms with Gasteiger partial charge in [-0.15, -0.1) is 0 Å². The van der Waals surface area contributed by atoms with Gasteiger partial charge in [0.25, 0.3) is 0 Å². The van der Waals surface area contributed by atoms with Gasteiger partial charge in [-0.1, -0.05) is 35.3 Å². The molecule has 3 rings (SSSR count). The molecule has 0 bridgehead atoms. The molecule has 1 aromatic carbocycles. The van der Waals surface area contributed by atoms with Crippen LogP contribution in [-0.4, -0.2) is 9.97 Å². The molecule has 0 fully saturated rings. The highest BCUT2D eigenvalue weighted by Crippen LogP contribution is 2.26. The molecular weight excluding hydrogens is 323 g/mol. The summed E-state index contributed by atoms with van der Waals surface area (Å²) in [7, 11) is 0. The second-order valence-electron chi connectivity index (χ2n) is 4.27. The number of hydrogen-bond acceptors (Lipinski definition) is 4. The summed E-state index contributed by atoms with van der Waals surface area (Å²) < 4.78 is 11.2. The number of pyridine rings is 2. The monoisotopic (exact) mass is 332 g/mol. The Morgan fingerprint density at radius 1 is 0.591 bits per heavy atom. The third-order valence-electron chi connectivity index (χ3n) is 2.65. The molecule has 0 radical (unpaired) electrons. The quantitative estimate of drug-likeness (QED) is 0.602. The van der Waals surface area contributed by atoms with Gasteiger partial charge in [0.05, 0.1) is 0 Å². The van der Waals surface area contributed by atoms with Crippen molar-refractivity contribution in [3.8, 4) is 23.3 Å². The van der Waals surface area contributed by atoms with Crippen LogP contribution in [0, 0.1) is 0 Å². The van der Waals surface area contributed by atoms with E-state index in [-0.39, 0.29) is 0 Å². The molecule has 22 heavy (non-hydrogen) atoms. The molecule has 0 aliphatic carbocycles. The number of benzene rings is 1. The Hall–Kier alpha value is -2.30. The standard InChI is InChI=1S/C16H10Cl2N2O2/c17-13-3-1-5-15(19-13)21-11-7-9-12(10-8-11)22-16-6-2-4-14(18)20-16/h1-10H. The SMILES string of the molecule is Clc1cccc(Oc2ccc(Oc3cccc(Cl)n3)cc2)n1. The first-order valence-corrected chi connectivity index (χ1v) is 7.15. The molecule has 0 amide bonds.